The van der Waals surface area contributed by atoms with Crippen LogP contribution in [0.25, 0.3) is 0 Å². The third-order valence-corrected chi connectivity index (χ3v) is 1.27. The van der Waals surface area contributed by atoms with Crippen LogP contribution < -0.4 is 5.73 Å². The Balaban J connectivity index is 2.84. The lowest BCUT2D eigenvalue weighted by Crippen LogP contribution is -1.88. The SMILES string of the molecule is Nc1cccc(CC=O)c1. The molecule has 0 bridgehead atoms. The Hall–Kier alpha value is -1.31. The quantitative estimate of drug-likeness (QED) is 0.485. The van der Waals surface area contributed by atoms with Gasteiger partial charge in [-0.3, -0.25) is 0 Å². The van der Waals surface area contributed by atoms with Crippen molar-refractivity contribution in [2.75, 3.05) is 5.73 Å². The molecule has 0 radical (unpaired) electrons. The Labute approximate surface area is 59.7 Å². The number of hydrogen-bond acceptors (Lipinski definition) is 2. The van der Waals surface area contributed by atoms with Gasteiger partial charge in [-0.15, -0.1) is 0 Å². The summed E-state index contributed by atoms with van der Waals surface area (Å²) in [6, 6.07) is 7.32. The number of carbonyl (C=O) groups excluding carboxylic acids is 1. The van der Waals surface area contributed by atoms with Gasteiger partial charge in [0.15, 0.2) is 0 Å². The fraction of sp³-hybridized carbons (Fsp3) is 0.125. The number of carbonyl (C=O) groups is 1. The van der Waals surface area contributed by atoms with Crippen LogP contribution in [-0.2, 0) is 11.2 Å². The smallest absolute Gasteiger partial charge is 0.124 e. The third kappa shape index (κ3) is 1.58. The molecular formula is C8H9NO. The minimum absolute atomic E-state index is 0.449. The molecular weight excluding hydrogens is 126 g/mol. The number of benzene rings is 1. The van der Waals surface area contributed by atoms with Crippen molar-refractivity contribution in [1.82, 2.24) is 0 Å². The molecule has 1 rings (SSSR count). The molecule has 0 unspecified atom stereocenters. The molecule has 1 aromatic carbocycles. The Kier molecular flexibility index (Phi) is 2.05. The van der Waals surface area contributed by atoms with Crippen LogP contribution in [-0.4, -0.2) is 6.29 Å². The zero-order chi connectivity index (χ0) is 7.40. The molecule has 0 amide bonds. The van der Waals surface area contributed by atoms with Crippen molar-refractivity contribution in [2.24, 2.45) is 0 Å². The summed E-state index contributed by atoms with van der Waals surface area (Å²) in [5.41, 5.74) is 7.15. The van der Waals surface area contributed by atoms with Gasteiger partial charge in [0.05, 0.1) is 0 Å². The van der Waals surface area contributed by atoms with Crippen LogP contribution >= 0.6 is 0 Å². The van der Waals surface area contributed by atoms with E-state index in [0.717, 1.165) is 11.8 Å². The highest BCUT2D eigenvalue weighted by molar-refractivity contribution is 5.56. The third-order valence-electron chi connectivity index (χ3n) is 1.27. The molecule has 0 aliphatic rings. The van der Waals surface area contributed by atoms with E-state index < -0.39 is 0 Å². The van der Waals surface area contributed by atoms with Crippen molar-refractivity contribution in [3.05, 3.63) is 29.8 Å². The molecule has 0 saturated carbocycles. The minimum atomic E-state index is 0.449. The second-order valence-electron chi connectivity index (χ2n) is 2.12. The van der Waals surface area contributed by atoms with E-state index in [-0.39, 0.29) is 0 Å². The first-order chi connectivity index (χ1) is 4.83. The summed E-state index contributed by atoms with van der Waals surface area (Å²) in [6.07, 6.45) is 1.32. The second-order valence-corrected chi connectivity index (χ2v) is 2.12. The Bertz CT molecular complexity index is 232. The molecule has 10 heavy (non-hydrogen) atoms. The van der Waals surface area contributed by atoms with Gasteiger partial charge in [-0.1, -0.05) is 12.1 Å². The van der Waals surface area contributed by atoms with Crippen molar-refractivity contribution in [1.29, 1.82) is 0 Å². The van der Waals surface area contributed by atoms with E-state index in [1.54, 1.807) is 12.1 Å². The summed E-state index contributed by atoms with van der Waals surface area (Å²) in [7, 11) is 0. The number of anilines is 1. The largest absolute Gasteiger partial charge is 0.399 e. The molecule has 0 heterocycles. The zero-order valence-corrected chi connectivity index (χ0v) is 5.58. The van der Waals surface area contributed by atoms with Crippen LogP contribution in [0.3, 0.4) is 0 Å². The van der Waals surface area contributed by atoms with Gasteiger partial charge >= 0.3 is 0 Å². The molecule has 2 nitrogen and oxygen atoms in total. The topological polar surface area (TPSA) is 43.1 Å². The van der Waals surface area contributed by atoms with Gasteiger partial charge in [0.1, 0.15) is 6.29 Å². The first-order valence-electron chi connectivity index (χ1n) is 3.11. The number of aldehydes is 1. The number of rotatable bonds is 2. The van der Waals surface area contributed by atoms with E-state index in [0.29, 0.717) is 12.1 Å². The summed E-state index contributed by atoms with van der Waals surface area (Å²) in [5.74, 6) is 0. The van der Waals surface area contributed by atoms with Crippen molar-refractivity contribution in [2.45, 2.75) is 6.42 Å². The Morgan fingerprint density at radius 3 is 2.90 bits per heavy atom. The molecule has 0 atom stereocenters. The summed E-state index contributed by atoms with van der Waals surface area (Å²) < 4.78 is 0. The second kappa shape index (κ2) is 3.01. The maximum atomic E-state index is 10.0. The molecule has 2 heteroatoms. The van der Waals surface area contributed by atoms with Gasteiger partial charge in [0.2, 0.25) is 0 Å². The molecule has 0 fully saturated rings. The van der Waals surface area contributed by atoms with Gasteiger partial charge in [-0.25, -0.2) is 0 Å². The normalized spacial score (nSPS) is 9.20. The maximum absolute atomic E-state index is 10.0. The van der Waals surface area contributed by atoms with Gasteiger partial charge in [-0.2, -0.15) is 0 Å². The molecule has 2 N–H and O–H groups in total. The average Bonchev–Trinajstić information content (AvgIpc) is 1.88. The fourth-order valence-electron chi connectivity index (χ4n) is 0.816. The number of nitrogens with two attached hydrogens (primary N) is 1. The highest BCUT2D eigenvalue weighted by atomic mass is 16.1. The number of nitrogen functional groups attached to an aromatic ring is 1. The molecule has 0 saturated heterocycles. The molecule has 1 aromatic rings. The molecule has 52 valence electrons. The highest BCUT2D eigenvalue weighted by Crippen LogP contribution is 2.05. The molecule has 0 aliphatic carbocycles. The lowest BCUT2D eigenvalue weighted by Gasteiger charge is -1.94. The van der Waals surface area contributed by atoms with E-state index in [1.807, 2.05) is 12.1 Å². The van der Waals surface area contributed by atoms with Gasteiger partial charge in [0.25, 0.3) is 0 Å². The first kappa shape index (κ1) is 6.81. The van der Waals surface area contributed by atoms with Crippen LogP contribution in [0.4, 0.5) is 5.69 Å². The van der Waals surface area contributed by atoms with Crippen LogP contribution in [0.5, 0.6) is 0 Å². The predicted octanol–water partition coefficient (Wildman–Crippen LogP) is 1.01. The van der Waals surface area contributed by atoms with Crippen molar-refractivity contribution >= 4 is 12.0 Å². The average molecular weight is 135 g/mol. The van der Waals surface area contributed by atoms with Gasteiger partial charge < -0.3 is 10.5 Å². The lowest BCUT2D eigenvalue weighted by atomic mass is 10.1. The monoisotopic (exact) mass is 135 g/mol. The first-order valence-corrected chi connectivity index (χ1v) is 3.11. The van der Waals surface area contributed by atoms with E-state index in [1.165, 1.54) is 0 Å². The van der Waals surface area contributed by atoms with E-state index in [2.05, 4.69) is 0 Å². The van der Waals surface area contributed by atoms with E-state index in [4.69, 9.17) is 5.73 Å². The molecule has 0 aliphatic heterocycles. The minimum Gasteiger partial charge on any atom is -0.399 e. The van der Waals surface area contributed by atoms with E-state index in [9.17, 15) is 4.79 Å². The fourth-order valence-corrected chi connectivity index (χ4v) is 0.816. The maximum Gasteiger partial charge on any atom is 0.124 e. The van der Waals surface area contributed by atoms with Crippen LogP contribution in [0.2, 0.25) is 0 Å². The van der Waals surface area contributed by atoms with Crippen molar-refractivity contribution < 1.29 is 4.79 Å². The standard InChI is InChI=1S/C8H9NO/c9-8-3-1-2-7(6-8)4-5-10/h1-3,5-6H,4,9H2. The van der Waals surface area contributed by atoms with Crippen LogP contribution in [0.1, 0.15) is 5.56 Å². The Morgan fingerprint density at radius 2 is 2.30 bits per heavy atom. The molecule has 0 spiro atoms. The summed E-state index contributed by atoms with van der Waals surface area (Å²) in [6.45, 7) is 0. The highest BCUT2D eigenvalue weighted by Gasteiger charge is 1.89. The zero-order valence-electron chi connectivity index (χ0n) is 5.58. The van der Waals surface area contributed by atoms with Crippen molar-refractivity contribution in [3.8, 4) is 0 Å². The lowest BCUT2D eigenvalue weighted by molar-refractivity contribution is -0.107. The van der Waals surface area contributed by atoms with Gasteiger partial charge in [0, 0.05) is 12.1 Å². The summed E-state index contributed by atoms with van der Waals surface area (Å²) in [4.78, 5) is 10.0. The number of hydrogen-bond donors (Lipinski definition) is 1. The van der Waals surface area contributed by atoms with Crippen molar-refractivity contribution in [3.63, 3.8) is 0 Å². The Morgan fingerprint density at radius 1 is 1.50 bits per heavy atom. The van der Waals surface area contributed by atoms with Crippen LogP contribution in [0.15, 0.2) is 24.3 Å². The van der Waals surface area contributed by atoms with Gasteiger partial charge in [-0.05, 0) is 17.7 Å². The molecule has 0 aromatic heterocycles. The van der Waals surface area contributed by atoms with Crippen LogP contribution in [0, 0.1) is 0 Å². The van der Waals surface area contributed by atoms with E-state index >= 15 is 0 Å². The summed E-state index contributed by atoms with van der Waals surface area (Å²) >= 11 is 0. The predicted molar refractivity (Wildman–Crippen MR) is 40.6 cm³/mol. The summed E-state index contributed by atoms with van der Waals surface area (Å²) in [5, 5.41) is 0.